The van der Waals surface area contributed by atoms with E-state index in [0.29, 0.717) is 0 Å². The maximum absolute atomic E-state index is 8.83. The Labute approximate surface area is 187 Å². The molecule has 8 heteroatoms. The molecule has 0 fully saturated rings. The number of aryl methyl sites for hydroxylation is 1. The van der Waals surface area contributed by atoms with E-state index in [-0.39, 0.29) is 5.72 Å². The van der Waals surface area contributed by atoms with Gasteiger partial charge in [0.1, 0.15) is 5.82 Å². The summed E-state index contributed by atoms with van der Waals surface area (Å²) in [5, 5.41) is -1.19. The summed E-state index contributed by atoms with van der Waals surface area (Å²) in [6.45, 7) is -7.18. The van der Waals surface area contributed by atoms with E-state index in [9.17, 15) is 0 Å². The minimum atomic E-state index is -3.74. The number of nitrogen functional groups attached to an aromatic ring is 2. The highest BCUT2D eigenvalue weighted by atomic mass is 16.5. The van der Waals surface area contributed by atoms with Crippen LogP contribution < -0.4 is 31.0 Å². The Hall–Kier alpha value is -3.42. The second kappa shape index (κ2) is 7.45. The predicted molar refractivity (Wildman–Crippen MR) is 107 cm³/mol. The van der Waals surface area contributed by atoms with Crippen molar-refractivity contribution < 1.29 is 43.1 Å². The molecule has 0 radical (unpaired) electrons. The first-order chi connectivity index (χ1) is 21.4. The molecule has 0 aliphatic carbocycles. The van der Waals surface area contributed by atoms with Crippen molar-refractivity contribution in [3.05, 3.63) is 35.3 Å². The smallest absolute Gasteiger partial charge is 0.222 e. The highest BCUT2D eigenvalue weighted by Gasteiger charge is 2.14. The summed E-state index contributed by atoms with van der Waals surface area (Å²) in [5.41, 5.74) is 1.20. The van der Waals surface area contributed by atoms with Crippen LogP contribution in [0.2, 0.25) is 4.24 Å². The summed E-state index contributed by atoms with van der Waals surface area (Å²) in [5.74, 6) is -5.87. The van der Waals surface area contributed by atoms with Gasteiger partial charge in [0.15, 0.2) is 15.7 Å². The normalized spacial score (nSPS) is 24.2. The average Bonchev–Trinajstić information content (AvgIpc) is 2.87. The molecule has 2 aromatic carbocycles. The molecule has 5 N–H and O–H groups in total. The van der Waals surface area contributed by atoms with Gasteiger partial charge in [-0.15, -0.1) is 0 Å². The monoisotopic (exact) mass is 390 g/mol. The molecule has 0 saturated carbocycles. The fraction of sp³-hybridized carbons (Fsp3) is 0.263. The van der Waals surface area contributed by atoms with E-state index in [2.05, 4.69) is 24.2 Å². The third-order valence-electron chi connectivity index (χ3n) is 3.19. The summed E-state index contributed by atoms with van der Waals surface area (Å²) in [4.78, 5) is 7.33. The van der Waals surface area contributed by atoms with Gasteiger partial charge in [0.2, 0.25) is 11.7 Å². The van der Waals surface area contributed by atoms with Crippen LogP contribution in [0.4, 0.5) is 17.5 Å². The van der Waals surface area contributed by atoms with Gasteiger partial charge in [0.05, 0.1) is 47.2 Å². The Balaban J connectivity index is 2.55. The number of anilines is 3. The molecule has 0 aliphatic rings. The molecule has 0 saturated heterocycles. The number of rotatable bonds is 7. The van der Waals surface area contributed by atoms with Crippen LogP contribution in [0.25, 0.3) is 10.9 Å². The van der Waals surface area contributed by atoms with E-state index >= 15 is 0 Å². The van der Waals surface area contributed by atoms with Crippen molar-refractivity contribution in [1.29, 1.82) is 0 Å². The fourth-order valence-corrected chi connectivity index (χ4v) is 2.06. The summed E-state index contributed by atoms with van der Waals surface area (Å²) in [6.07, 6.45) is 0. The molecule has 1 heterocycles. The van der Waals surface area contributed by atoms with Crippen LogP contribution >= 0.6 is 0 Å². The van der Waals surface area contributed by atoms with Gasteiger partial charge in [-0.2, -0.15) is 4.98 Å². The molecule has 142 valence electrons. The van der Waals surface area contributed by atoms with Crippen molar-refractivity contribution in [2.45, 2.75) is 13.3 Å². The summed E-state index contributed by atoms with van der Waals surface area (Å²) in [7, 11) is -10.6. The molecule has 0 aliphatic heterocycles. The van der Waals surface area contributed by atoms with Crippen molar-refractivity contribution in [3.8, 4) is 17.2 Å². The van der Waals surface area contributed by atoms with Gasteiger partial charge in [-0.1, -0.05) is 6.04 Å². The zero-order chi connectivity index (χ0) is 37.3. The van der Waals surface area contributed by atoms with E-state index in [4.69, 9.17) is 34.6 Å². The van der Waals surface area contributed by atoms with Crippen LogP contribution in [0.1, 0.15) is 35.8 Å². The number of ether oxygens (including phenoxy) is 3. The lowest BCUT2D eigenvalue weighted by atomic mass is 10.0. The van der Waals surface area contributed by atoms with E-state index in [0.717, 1.165) is 0 Å². The van der Waals surface area contributed by atoms with Gasteiger partial charge in [-0.3, -0.25) is 0 Å². The number of nitrogens with one attached hydrogen (secondary N) is 1. The van der Waals surface area contributed by atoms with Gasteiger partial charge in [0.25, 0.3) is 0 Å². The van der Waals surface area contributed by atoms with Crippen LogP contribution in [0.5, 0.6) is 17.2 Å². The Morgan fingerprint density at radius 1 is 1.22 bits per heavy atom. The SMILES string of the molecule is [2H]c1c(OC([2H])([2H])[2H])c(OC([2H])([2H])[2H])c(OC([2H])([2H])[2H])c([2H])c1N([2H])C([2H])([2H])c1c([2H])c([2H])c2nc(N([2H])[2H])nc(N)c2c1C([2H])([2H])[2H]. The molecular weight excluding hydrogens is 346 g/mol. The Morgan fingerprint density at radius 2 is 2.00 bits per heavy atom. The van der Waals surface area contributed by atoms with Crippen LogP contribution in [0.15, 0.2) is 24.2 Å². The van der Waals surface area contributed by atoms with Crippen LogP contribution in [0.3, 0.4) is 0 Å². The Kier molecular flexibility index (Phi) is 1.53. The molecule has 0 bridgehead atoms. The van der Waals surface area contributed by atoms with E-state index < -0.39 is 121 Å². The maximum Gasteiger partial charge on any atom is 0.222 e. The predicted octanol–water partition coefficient (Wildman–Crippen LogP) is 2.74. The van der Waals surface area contributed by atoms with E-state index in [1.807, 2.05) is 0 Å². The van der Waals surface area contributed by atoms with Crippen molar-refractivity contribution >= 4 is 28.4 Å². The average molecular weight is 391 g/mol. The van der Waals surface area contributed by atoms with Gasteiger partial charge in [0, 0.05) is 33.8 Å². The van der Waals surface area contributed by atoms with Gasteiger partial charge in [-0.05, 0) is 24.0 Å². The third kappa shape index (κ3) is 3.46. The number of benzene rings is 2. The topological polar surface area (TPSA) is 118 Å². The highest BCUT2D eigenvalue weighted by molar-refractivity contribution is 5.92. The Morgan fingerprint density at radius 3 is 2.67 bits per heavy atom. The van der Waals surface area contributed by atoms with Crippen molar-refractivity contribution in [2.24, 2.45) is 0 Å². The lowest BCUT2D eigenvalue weighted by Gasteiger charge is -2.16. The number of fused-ring (bicyclic) bond motifs is 1. The first-order valence-corrected chi connectivity index (χ1v) is 6.83. The first kappa shape index (κ1) is 5.54. The molecule has 27 heavy (non-hydrogen) atoms. The Bertz CT molecular complexity index is 1690. The highest BCUT2D eigenvalue weighted by Crippen LogP contribution is 2.40. The second-order valence-corrected chi connectivity index (χ2v) is 4.75. The van der Waals surface area contributed by atoms with Crippen LogP contribution in [-0.4, -0.2) is 31.1 Å². The number of methoxy groups -OCH3 is 3. The van der Waals surface area contributed by atoms with E-state index in [1.165, 1.54) is 0 Å². The largest absolute Gasteiger partial charge is 0.493 e. The molecule has 3 rings (SSSR count). The molecule has 8 nitrogen and oxygen atoms in total. The maximum atomic E-state index is 8.83. The van der Waals surface area contributed by atoms with Gasteiger partial charge >= 0.3 is 0 Å². The number of hydrogen-bond donors (Lipinski definition) is 3. The lowest BCUT2D eigenvalue weighted by Crippen LogP contribution is -2.06. The molecular formula is C19H23N5O3. The van der Waals surface area contributed by atoms with Crippen molar-refractivity contribution in [3.63, 3.8) is 0 Å². The molecule has 0 amide bonds. The molecule has 0 atom stereocenters. The fourth-order valence-electron chi connectivity index (χ4n) is 2.06. The zero-order valence-corrected chi connectivity index (χ0v) is 13.1. The number of hydrogen-bond acceptors (Lipinski definition) is 8. The third-order valence-corrected chi connectivity index (χ3v) is 3.19. The summed E-state index contributed by atoms with van der Waals surface area (Å²) < 4.78 is 181. The second-order valence-electron chi connectivity index (χ2n) is 4.75. The summed E-state index contributed by atoms with van der Waals surface area (Å²) >= 11 is 0. The number of nitrogens with zero attached hydrogens (tertiary/aromatic N) is 2. The first-order valence-electron chi connectivity index (χ1n) is 17.2. The van der Waals surface area contributed by atoms with Gasteiger partial charge in [-0.25, -0.2) is 4.98 Å². The lowest BCUT2D eigenvalue weighted by molar-refractivity contribution is 0.324. The standard InChI is InChI=1S/C19H23N5O3/c1-10-11(5-6-13-16(10)18(20)24-19(21)23-13)9-22-12-7-14(25-2)17(27-4)15(8-12)26-3/h5-8,22H,9H2,1-4H3,(H4,20,21,23,24)/i1D3,2D3,3D3,4D3,5D,6D,7D,8D,9D2/hD3. The molecule has 0 spiro atoms. The van der Waals surface area contributed by atoms with Crippen LogP contribution in [-0.2, 0) is 6.50 Å². The van der Waals surface area contributed by atoms with Crippen molar-refractivity contribution in [2.75, 3.05) is 37.9 Å². The van der Waals surface area contributed by atoms with Crippen molar-refractivity contribution in [1.82, 2.24) is 9.97 Å². The molecule has 3 aromatic rings. The van der Waals surface area contributed by atoms with Crippen LogP contribution in [0, 0.1) is 6.85 Å². The minimum absolute atomic E-state index is 0.143. The van der Waals surface area contributed by atoms with E-state index in [1.54, 1.807) is 0 Å². The quantitative estimate of drug-likeness (QED) is 0.564. The zero-order valence-electron chi connectivity index (χ0n) is 34.1. The number of aromatic nitrogens is 2. The number of nitrogens with two attached hydrogens (primary N) is 2. The van der Waals surface area contributed by atoms with Gasteiger partial charge < -0.3 is 31.0 Å². The molecule has 1 aromatic heterocycles. The summed E-state index contributed by atoms with van der Waals surface area (Å²) in [6, 6.07) is -5.20. The molecule has 0 unspecified atom stereocenters. The minimum Gasteiger partial charge on any atom is -0.493 e.